The SMILES string of the molecule is CNC(=O)C(Cc1ccccc1)N(Cc1ccccc1F)C(=O)CN(c1ccccc1Cl)S(=O)(=O)c1ccccc1. The summed E-state index contributed by atoms with van der Waals surface area (Å²) in [5, 5.41) is 2.71. The van der Waals surface area contributed by atoms with E-state index >= 15 is 0 Å². The fourth-order valence-electron chi connectivity index (χ4n) is 4.42. The normalized spacial score (nSPS) is 11.9. The molecule has 0 aromatic heterocycles. The maximum Gasteiger partial charge on any atom is 0.264 e. The van der Waals surface area contributed by atoms with Crippen molar-refractivity contribution in [3.8, 4) is 0 Å². The number of carbonyl (C=O) groups is 2. The number of likely N-dealkylation sites (N-methyl/N-ethyl adjacent to an activating group) is 1. The summed E-state index contributed by atoms with van der Waals surface area (Å²) in [5.41, 5.74) is 1.04. The molecule has 0 aliphatic rings. The van der Waals surface area contributed by atoms with Crippen LogP contribution in [0.4, 0.5) is 10.1 Å². The average molecular weight is 594 g/mol. The zero-order valence-electron chi connectivity index (χ0n) is 22.3. The number of halogens is 2. The first-order valence-corrected chi connectivity index (χ1v) is 14.6. The van der Waals surface area contributed by atoms with Crippen molar-refractivity contribution in [2.24, 2.45) is 0 Å². The van der Waals surface area contributed by atoms with Crippen molar-refractivity contribution < 1.29 is 22.4 Å². The summed E-state index contributed by atoms with van der Waals surface area (Å²) >= 11 is 6.42. The van der Waals surface area contributed by atoms with Gasteiger partial charge in [-0.2, -0.15) is 0 Å². The summed E-state index contributed by atoms with van der Waals surface area (Å²) in [6.45, 7) is -0.949. The van der Waals surface area contributed by atoms with Crippen molar-refractivity contribution in [1.82, 2.24) is 10.2 Å². The number of anilines is 1. The predicted molar refractivity (Wildman–Crippen MR) is 157 cm³/mol. The van der Waals surface area contributed by atoms with Crippen LogP contribution in [0.2, 0.25) is 5.02 Å². The van der Waals surface area contributed by atoms with Crippen LogP contribution in [0.5, 0.6) is 0 Å². The molecule has 1 unspecified atom stereocenters. The standard InChI is InChI=1S/C31H29ClFN3O4S/c1-34-31(38)29(20-23-12-4-2-5-13-23)35(21-24-14-8-10-18-27(24)33)30(37)22-36(28-19-11-9-17-26(28)32)41(39,40)25-15-6-3-7-16-25/h2-19,29H,20-22H2,1H3,(H,34,38). The summed E-state index contributed by atoms with van der Waals surface area (Å²) in [6, 6.07) is 27.9. The first-order chi connectivity index (χ1) is 19.7. The molecule has 10 heteroatoms. The molecule has 0 saturated heterocycles. The number of rotatable bonds is 11. The third kappa shape index (κ3) is 7.11. The lowest BCUT2D eigenvalue weighted by Crippen LogP contribution is -2.53. The summed E-state index contributed by atoms with van der Waals surface area (Å²) in [5.74, 6) is -1.74. The molecule has 4 aromatic carbocycles. The third-order valence-corrected chi connectivity index (χ3v) is 8.64. The van der Waals surface area contributed by atoms with Crippen molar-refractivity contribution in [2.45, 2.75) is 23.9 Å². The Labute approximate surface area is 244 Å². The van der Waals surface area contributed by atoms with E-state index in [0.29, 0.717) is 0 Å². The Morgan fingerprint density at radius 3 is 2.07 bits per heavy atom. The first-order valence-electron chi connectivity index (χ1n) is 12.8. The van der Waals surface area contributed by atoms with E-state index in [4.69, 9.17) is 11.6 Å². The third-order valence-electron chi connectivity index (χ3n) is 6.55. The van der Waals surface area contributed by atoms with Gasteiger partial charge in [-0.05, 0) is 35.9 Å². The molecule has 0 heterocycles. The molecule has 0 bridgehead atoms. The van der Waals surface area contributed by atoms with Crippen LogP contribution in [0, 0.1) is 5.82 Å². The van der Waals surface area contributed by atoms with Gasteiger partial charge in [-0.3, -0.25) is 13.9 Å². The number of nitrogens with zero attached hydrogens (tertiary/aromatic N) is 2. The van der Waals surface area contributed by atoms with E-state index in [2.05, 4.69) is 5.32 Å². The molecule has 4 aromatic rings. The highest BCUT2D eigenvalue weighted by Crippen LogP contribution is 2.31. The highest BCUT2D eigenvalue weighted by atomic mass is 35.5. The lowest BCUT2D eigenvalue weighted by Gasteiger charge is -2.33. The van der Waals surface area contributed by atoms with Gasteiger partial charge < -0.3 is 10.2 Å². The summed E-state index contributed by atoms with van der Waals surface area (Å²) < 4.78 is 43.5. The second-order valence-electron chi connectivity index (χ2n) is 9.21. The molecule has 41 heavy (non-hydrogen) atoms. The van der Waals surface area contributed by atoms with Gasteiger partial charge in [0.15, 0.2) is 0 Å². The van der Waals surface area contributed by atoms with Gasteiger partial charge in [0.1, 0.15) is 18.4 Å². The van der Waals surface area contributed by atoms with Crippen LogP contribution in [-0.4, -0.2) is 44.8 Å². The Hall–Kier alpha value is -4.21. The van der Waals surface area contributed by atoms with Gasteiger partial charge in [-0.25, -0.2) is 12.8 Å². The number of hydrogen-bond acceptors (Lipinski definition) is 4. The number of nitrogens with one attached hydrogen (secondary N) is 1. The van der Waals surface area contributed by atoms with E-state index in [0.717, 1.165) is 9.87 Å². The molecule has 1 atom stereocenters. The van der Waals surface area contributed by atoms with E-state index in [1.807, 2.05) is 30.3 Å². The summed E-state index contributed by atoms with van der Waals surface area (Å²) in [6.07, 6.45) is 0.123. The Bertz CT molecular complexity index is 1600. The van der Waals surface area contributed by atoms with Crippen molar-refractivity contribution >= 4 is 39.1 Å². The van der Waals surface area contributed by atoms with Crippen LogP contribution in [0.25, 0.3) is 0 Å². The van der Waals surface area contributed by atoms with Crippen molar-refractivity contribution in [3.63, 3.8) is 0 Å². The molecule has 7 nitrogen and oxygen atoms in total. The van der Waals surface area contributed by atoms with Crippen molar-refractivity contribution in [3.05, 3.63) is 131 Å². The predicted octanol–water partition coefficient (Wildman–Crippen LogP) is 5.06. The second kappa shape index (κ2) is 13.4. The Morgan fingerprint density at radius 1 is 0.854 bits per heavy atom. The molecule has 0 fully saturated rings. The molecule has 0 spiro atoms. The van der Waals surface area contributed by atoms with Gasteiger partial charge in [0.05, 0.1) is 15.6 Å². The Balaban J connectivity index is 1.80. The average Bonchev–Trinajstić information content (AvgIpc) is 2.99. The maximum atomic E-state index is 14.8. The fourth-order valence-corrected chi connectivity index (χ4v) is 6.16. The van der Waals surface area contributed by atoms with Crippen molar-refractivity contribution in [1.29, 1.82) is 0 Å². The van der Waals surface area contributed by atoms with Gasteiger partial charge in [0.25, 0.3) is 10.0 Å². The minimum Gasteiger partial charge on any atom is -0.357 e. The number of benzene rings is 4. The molecule has 0 radical (unpaired) electrons. The van der Waals surface area contributed by atoms with Gasteiger partial charge in [-0.15, -0.1) is 0 Å². The van der Waals surface area contributed by atoms with Crippen molar-refractivity contribution in [2.75, 3.05) is 17.9 Å². The topological polar surface area (TPSA) is 86.8 Å². The fraction of sp³-hybridized carbons (Fsp3) is 0.161. The van der Waals surface area contributed by atoms with Gasteiger partial charge >= 0.3 is 0 Å². The molecule has 1 N–H and O–H groups in total. The van der Waals surface area contributed by atoms with Crippen LogP contribution in [-0.2, 0) is 32.6 Å². The van der Waals surface area contributed by atoms with Crippen LogP contribution >= 0.6 is 11.6 Å². The minimum absolute atomic E-state index is 0.0412. The molecular weight excluding hydrogens is 565 g/mol. The molecular formula is C31H29ClFN3O4S. The van der Waals surface area contributed by atoms with E-state index < -0.39 is 40.2 Å². The molecule has 2 amide bonds. The highest BCUT2D eigenvalue weighted by Gasteiger charge is 2.35. The zero-order valence-corrected chi connectivity index (χ0v) is 23.9. The maximum absolute atomic E-state index is 14.8. The molecule has 0 saturated carbocycles. The molecule has 0 aliphatic carbocycles. The number of amides is 2. The lowest BCUT2D eigenvalue weighted by molar-refractivity contribution is -0.139. The monoisotopic (exact) mass is 593 g/mol. The number of sulfonamides is 1. The van der Waals surface area contributed by atoms with Crippen LogP contribution < -0.4 is 9.62 Å². The first kappa shape index (κ1) is 29.8. The summed E-state index contributed by atoms with van der Waals surface area (Å²) in [4.78, 5) is 28.5. The molecule has 0 aliphatic heterocycles. The van der Waals surface area contributed by atoms with E-state index in [1.165, 1.54) is 54.4 Å². The van der Waals surface area contributed by atoms with E-state index in [9.17, 15) is 22.4 Å². The lowest BCUT2D eigenvalue weighted by atomic mass is 10.0. The molecule has 4 rings (SSSR count). The van der Waals surface area contributed by atoms with Crippen LogP contribution in [0.15, 0.2) is 114 Å². The largest absolute Gasteiger partial charge is 0.357 e. The Kier molecular flexibility index (Phi) is 9.75. The van der Waals surface area contributed by atoms with Gasteiger partial charge in [-0.1, -0.05) is 90.5 Å². The number of para-hydroxylation sites is 1. The zero-order chi connectivity index (χ0) is 29.4. The van der Waals surface area contributed by atoms with Gasteiger partial charge in [0, 0.05) is 25.6 Å². The number of hydrogen-bond donors (Lipinski definition) is 1. The smallest absolute Gasteiger partial charge is 0.264 e. The Morgan fingerprint density at radius 2 is 1.44 bits per heavy atom. The molecule has 212 valence electrons. The summed E-state index contributed by atoms with van der Waals surface area (Å²) in [7, 11) is -2.82. The van der Waals surface area contributed by atoms with Gasteiger partial charge in [0.2, 0.25) is 11.8 Å². The second-order valence-corrected chi connectivity index (χ2v) is 11.5. The van der Waals surface area contributed by atoms with Crippen LogP contribution in [0.1, 0.15) is 11.1 Å². The van der Waals surface area contributed by atoms with E-state index in [-0.39, 0.29) is 34.1 Å². The van der Waals surface area contributed by atoms with E-state index in [1.54, 1.807) is 36.4 Å². The quantitative estimate of drug-likeness (QED) is 0.263. The highest BCUT2D eigenvalue weighted by molar-refractivity contribution is 7.92. The number of carbonyl (C=O) groups excluding carboxylic acids is 2. The minimum atomic E-state index is -4.27. The van der Waals surface area contributed by atoms with Crippen LogP contribution in [0.3, 0.4) is 0 Å².